The van der Waals surface area contributed by atoms with Crippen molar-refractivity contribution in [2.24, 2.45) is 0 Å². The molecule has 2 aromatic rings. The highest BCUT2D eigenvalue weighted by molar-refractivity contribution is 7.93. The summed E-state index contributed by atoms with van der Waals surface area (Å²) in [6, 6.07) is 11.4. The molecule has 6 heteroatoms. The maximum Gasteiger partial charge on any atom is 0.270 e. The molecule has 0 saturated heterocycles. The van der Waals surface area contributed by atoms with Crippen molar-refractivity contribution in [2.45, 2.75) is 18.2 Å². The average molecular weight is 317 g/mol. The summed E-state index contributed by atoms with van der Waals surface area (Å²) in [6.45, 7) is 1.87. The quantitative estimate of drug-likeness (QED) is 0.871. The number of benzene rings is 2. The Balaban J connectivity index is 2.09. The first-order valence-corrected chi connectivity index (χ1v) is 8.19. The molecule has 0 unspecified atom stereocenters. The molecule has 1 heterocycles. The van der Waals surface area contributed by atoms with Crippen LogP contribution in [0.1, 0.15) is 11.1 Å². The van der Waals surface area contributed by atoms with Crippen LogP contribution >= 0.6 is 0 Å². The van der Waals surface area contributed by atoms with E-state index in [4.69, 9.17) is 4.74 Å². The number of hydrogen-bond acceptors (Lipinski definition) is 4. The smallest absolute Gasteiger partial charge is 0.270 e. The molecule has 114 valence electrons. The first-order valence-electron chi connectivity index (χ1n) is 6.75. The van der Waals surface area contributed by atoms with Gasteiger partial charge in [0.1, 0.15) is 5.75 Å². The number of aryl methyl sites for hydroxylation is 1. The fourth-order valence-electron chi connectivity index (χ4n) is 2.48. The topological polar surface area (TPSA) is 63.7 Å². The Kier molecular flexibility index (Phi) is 3.41. The van der Waals surface area contributed by atoms with Gasteiger partial charge < -0.3 is 4.74 Å². The van der Waals surface area contributed by atoms with E-state index in [1.54, 1.807) is 30.3 Å². The fraction of sp³-hybridized carbons (Fsp3) is 0.188. The Bertz CT molecular complexity index is 841. The summed E-state index contributed by atoms with van der Waals surface area (Å²) in [5.74, 6) is 0.143. The van der Waals surface area contributed by atoms with Crippen molar-refractivity contribution in [3.8, 4) is 5.75 Å². The molecule has 0 radical (unpaired) electrons. The molecule has 0 atom stereocenters. The third kappa shape index (κ3) is 2.25. The van der Waals surface area contributed by atoms with E-state index in [9.17, 15) is 13.2 Å². The number of fused-ring (bicyclic) bond motifs is 1. The minimum atomic E-state index is -3.89. The summed E-state index contributed by atoms with van der Waals surface area (Å²) in [6.07, 6.45) is 0.0532. The number of amides is 1. The molecule has 22 heavy (non-hydrogen) atoms. The van der Waals surface area contributed by atoms with E-state index < -0.39 is 15.9 Å². The van der Waals surface area contributed by atoms with Gasteiger partial charge in [0, 0.05) is 0 Å². The summed E-state index contributed by atoms with van der Waals surface area (Å²) < 4.78 is 31.5. The summed E-state index contributed by atoms with van der Waals surface area (Å²) >= 11 is 0. The first kappa shape index (κ1) is 14.6. The minimum absolute atomic E-state index is 0.0532. The van der Waals surface area contributed by atoms with Gasteiger partial charge in [-0.05, 0) is 42.8 Å². The molecule has 0 aliphatic carbocycles. The highest BCUT2D eigenvalue weighted by atomic mass is 32.2. The highest BCUT2D eigenvalue weighted by Gasteiger charge is 2.37. The zero-order valence-electron chi connectivity index (χ0n) is 12.2. The van der Waals surface area contributed by atoms with Gasteiger partial charge >= 0.3 is 0 Å². The number of sulfonamides is 1. The normalized spacial score (nSPS) is 14.1. The van der Waals surface area contributed by atoms with E-state index in [-0.39, 0.29) is 11.3 Å². The lowest BCUT2D eigenvalue weighted by Gasteiger charge is -2.18. The van der Waals surface area contributed by atoms with Crippen LogP contribution in [0.25, 0.3) is 0 Å². The van der Waals surface area contributed by atoms with Crippen LogP contribution in [0, 0.1) is 6.92 Å². The Morgan fingerprint density at radius 1 is 1.09 bits per heavy atom. The second kappa shape index (κ2) is 5.14. The molecule has 3 rings (SSSR count). The number of hydrogen-bond donors (Lipinski definition) is 0. The second-order valence-corrected chi connectivity index (χ2v) is 6.93. The van der Waals surface area contributed by atoms with Crippen molar-refractivity contribution < 1.29 is 17.9 Å². The molecule has 0 N–H and O–H groups in total. The number of nitrogens with zero attached hydrogens (tertiary/aromatic N) is 1. The molecule has 1 amide bonds. The number of anilines is 1. The standard InChI is InChI=1S/C16H15NO4S/c1-11-3-6-14(7-4-11)22(19,20)17-15-8-5-13(21-2)9-12(15)10-16(17)18/h3-9H,10H2,1-2H3. The zero-order valence-corrected chi connectivity index (χ0v) is 13.1. The summed E-state index contributed by atoms with van der Waals surface area (Å²) in [4.78, 5) is 12.3. The van der Waals surface area contributed by atoms with Gasteiger partial charge in [0.15, 0.2) is 0 Å². The lowest BCUT2D eigenvalue weighted by molar-refractivity contribution is -0.116. The summed E-state index contributed by atoms with van der Waals surface area (Å²) in [5, 5.41) is 0. The molecule has 2 aromatic carbocycles. The monoisotopic (exact) mass is 317 g/mol. The number of methoxy groups -OCH3 is 1. The third-order valence-corrected chi connectivity index (χ3v) is 5.38. The van der Waals surface area contributed by atoms with Gasteiger partial charge in [-0.2, -0.15) is 0 Å². The minimum Gasteiger partial charge on any atom is -0.497 e. The van der Waals surface area contributed by atoms with Crippen molar-refractivity contribution in [2.75, 3.05) is 11.4 Å². The van der Waals surface area contributed by atoms with Crippen LogP contribution in [0.3, 0.4) is 0 Å². The Morgan fingerprint density at radius 2 is 1.77 bits per heavy atom. The molecule has 1 aliphatic heterocycles. The molecule has 5 nitrogen and oxygen atoms in total. The Labute approximate surface area is 129 Å². The van der Waals surface area contributed by atoms with Crippen LogP contribution in [-0.2, 0) is 21.2 Å². The van der Waals surface area contributed by atoms with Gasteiger partial charge in [-0.15, -0.1) is 0 Å². The molecule has 0 bridgehead atoms. The van der Waals surface area contributed by atoms with E-state index in [2.05, 4.69) is 0 Å². The number of ether oxygens (including phenoxy) is 1. The van der Waals surface area contributed by atoms with Crippen LogP contribution in [0.4, 0.5) is 5.69 Å². The lowest BCUT2D eigenvalue weighted by Crippen LogP contribution is -2.33. The van der Waals surface area contributed by atoms with E-state index in [1.165, 1.54) is 19.2 Å². The SMILES string of the molecule is COc1ccc2c(c1)CC(=O)N2S(=O)(=O)c1ccc(C)cc1. The van der Waals surface area contributed by atoms with Crippen LogP contribution in [0.2, 0.25) is 0 Å². The number of rotatable bonds is 3. The number of carbonyl (C=O) groups is 1. The third-order valence-electron chi connectivity index (χ3n) is 3.63. The van der Waals surface area contributed by atoms with E-state index in [0.717, 1.165) is 9.87 Å². The second-order valence-electron chi connectivity index (χ2n) is 5.15. The van der Waals surface area contributed by atoms with Crippen LogP contribution in [-0.4, -0.2) is 21.4 Å². The van der Waals surface area contributed by atoms with Crippen LogP contribution < -0.4 is 9.04 Å². The maximum absolute atomic E-state index is 12.7. The summed E-state index contributed by atoms with van der Waals surface area (Å²) in [7, 11) is -2.37. The highest BCUT2D eigenvalue weighted by Crippen LogP contribution is 2.35. The molecule has 1 aliphatic rings. The molecule has 0 saturated carbocycles. The average Bonchev–Trinajstić information content (AvgIpc) is 2.83. The molecular weight excluding hydrogens is 302 g/mol. The maximum atomic E-state index is 12.7. The molecule has 0 spiro atoms. The predicted octanol–water partition coefficient (Wildman–Crippen LogP) is 2.28. The van der Waals surface area contributed by atoms with Crippen molar-refractivity contribution in [1.29, 1.82) is 0 Å². The van der Waals surface area contributed by atoms with Gasteiger partial charge in [-0.3, -0.25) is 4.79 Å². The van der Waals surface area contributed by atoms with Crippen molar-refractivity contribution in [3.63, 3.8) is 0 Å². The molecule has 0 fully saturated rings. The van der Waals surface area contributed by atoms with E-state index in [0.29, 0.717) is 17.0 Å². The predicted molar refractivity (Wildman–Crippen MR) is 82.5 cm³/mol. The van der Waals surface area contributed by atoms with Crippen LogP contribution in [0.5, 0.6) is 5.75 Å². The molecular formula is C16H15NO4S. The largest absolute Gasteiger partial charge is 0.497 e. The van der Waals surface area contributed by atoms with Crippen molar-refractivity contribution >= 4 is 21.6 Å². The lowest BCUT2D eigenvalue weighted by atomic mass is 10.1. The van der Waals surface area contributed by atoms with Crippen molar-refractivity contribution in [3.05, 3.63) is 53.6 Å². The van der Waals surface area contributed by atoms with Gasteiger partial charge in [0.25, 0.3) is 10.0 Å². The zero-order chi connectivity index (χ0) is 15.9. The number of carbonyl (C=O) groups excluding carboxylic acids is 1. The van der Waals surface area contributed by atoms with E-state index >= 15 is 0 Å². The van der Waals surface area contributed by atoms with Gasteiger partial charge in [0.05, 0.1) is 24.1 Å². The van der Waals surface area contributed by atoms with Gasteiger partial charge in [-0.25, -0.2) is 12.7 Å². The van der Waals surface area contributed by atoms with Crippen molar-refractivity contribution in [1.82, 2.24) is 0 Å². The van der Waals surface area contributed by atoms with Gasteiger partial charge in [-0.1, -0.05) is 17.7 Å². The Hall–Kier alpha value is -2.34. The van der Waals surface area contributed by atoms with E-state index in [1.807, 2.05) is 6.92 Å². The fourth-order valence-corrected chi connectivity index (χ4v) is 3.94. The summed E-state index contributed by atoms with van der Waals surface area (Å²) in [5.41, 5.74) is 2.00. The Morgan fingerprint density at radius 3 is 2.41 bits per heavy atom. The first-order chi connectivity index (χ1) is 10.4. The van der Waals surface area contributed by atoms with Gasteiger partial charge in [0.2, 0.25) is 5.91 Å². The van der Waals surface area contributed by atoms with Crippen LogP contribution in [0.15, 0.2) is 47.4 Å². The molecule has 0 aromatic heterocycles.